The molecule has 1 aliphatic rings. The van der Waals surface area contributed by atoms with Crippen LogP contribution < -0.4 is 10.6 Å². The third-order valence-corrected chi connectivity index (χ3v) is 2.31. The highest BCUT2D eigenvalue weighted by atomic mass is 16.4. The molecule has 5 nitrogen and oxygen atoms in total. The van der Waals surface area contributed by atoms with E-state index in [2.05, 4.69) is 10.6 Å². The molecule has 14 heavy (non-hydrogen) atoms. The average molecular weight is 196 g/mol. The number of carboxylic acids is 1. The summed E-state index contributed by atoms with van der Waals surface area (Å²) in [5, 5.41) is 15.1. The maximum atomic E-state index is 10.7. The molecule has 0 amide bonds. The smallest absolute Gasteiger partial charge is 0.339 e. The molecule has 0 saturated carbocycles. The molecule has 0 atom stereocenters. The van der Waals surface area contributed by atoms with Crippen molar-refractivity contribution in [2.24, 2.45) is 0 Å². The van der Waals surface area contributed by atoms with Crippen LogP contribution in [-0.4, -0.2) is 30.2 Å². The Labute approximate surface area is 81.1 Å². The Morgan fingerprint density at radius 3 is 3.07 bits per heavy atom. The minimum Gasteiger partial charge on any atom is -0.478 e. The van der Waals surface area contributed by atoms with Gasteiger partial charge in [0.1, 0.15) is 11.3 Å². The molecule has 0 aromatic carbocycles. The van der Waals surface area contributed by atoms with Crippen LogP contribution in [0.25, 0.3) is 0 Å². The molecule has 0 unspecified atom stereocenters. The van der Waals surface area contributed by atoms with Crippen LogP contribution in [0.5, 0.6) is 0 Å². The van der Waals surface area contributed by atoms with Gasteiger partial charge in [-0.15, -0.1) is 0 Å². The number of nitrogens with one attached hydrogen (secondary N) is 2. The molecule has 1 aromatic rings. The van der Waals surface area contributed by atoms with Crippen LogP contribution in [0.3, 0.4) is 0 Å². The highest BCUT2D eigenvalue weighted by Gasteiger charge is 2.18. The lowest BCUT2D eigenvalue weighted by Crippen LogP contribution is -2.55. The third-order valence-electron chi connectivity index (χ3n) is 2.31. The zero-order valence-electron chi connectivity index (χ0n) is 7.62. The lowest BCUT2D eigenvalue weighted by atomic mass is 10.1. The number of hydrogen-bond donors (Lipinski definition) is 3. The zero-order chi connectivity index (χ0) is 9.97. The Morgan fingerprint density at radius 1 is 1.71 bits per heavy atom. The fourth-order valence-electron chi connectivity index (χ4n) is 1.34. The Bertz CT molecular complexity index is 331. The van der Waals surface area contributed by atoms with Gasteiger partial charge in [0.25, 0.3) is 0 Å². The van der Waals surface area contributed by atoms with Gasteiger partial charge in [-0.2, -0.15) is 0 Å². The molecule has 1 aliphatic heterocycles. The molecular formula is C9H12N2O3. The number of carbonyl (C=O) groups is 1. The van der Waals surface area contributed by atoms with E-state index in [1.165, 1.54) is 12.3 Å². The van der Waals surface area contributed by atoms with Gasteiger partial charge in [-0.25, -0.2) is 4.79 Å². The van der Waals surface area contributed by atoms with Crippen LogP contribution in [-0.2, 0) is 6.54 Å². The molecule has 2 heterocycles. The highest BCUT2D eigenvalue weighted by molar-refractivity contribution is 5.88. The predicted octanol–water partition coefficient (Wildman–Crippen LogP) is 0.0392. The van der Waals surface area contributed by atoms with E-state index in [0.717, 1.165) is 13.1 Å². The molecule has 1 fully saturated rings. The third kappa shape index (κ3) is 1.78. The highest BCUT2D eigenvalue weighted by Crippen LogP contribution is 2.10. The number of rotatable bonds is 4. The van der Waals surface area contributed by atoms with Crippen LogP contribution in [0.4, 0.5) is 0 Å². The first-order valence-corrected chi connectivity index (χ1v) is 4.51. The maximum Gasteiger partial charge on any atom is 0.339 e. The molecule has 0 aliphatic carbocycles. The molecular weight excluding hydrogens is 184 g/mol. The molecule has 3 N–H and O–H groups in total. The predicted molar refractivity (Wildman–Crippen MR) is 49.2 cm³/mol. The molecule has 5 heteroatoms. The SMILES string of the molecule is O=C(O)c1ccoc1CNC1CNC1. The summed E-state index contributed by atoms with van der Waals surface area (Å²) in [4.78, 5) is 10.7. The van der Waals surface area contributed by atoms with Gasteiger partial charge in [-0.3, -0.25) is 0 Å². The van der Waals surface area contributed by atoms with Crippen LogP contribution in [0.2, 0.25) is 0 Å². The van der Waals surface area contributed by atoms with Gasteiger partial charge in [-0.1, -0.05) is 0 Å². The Hall–Kier alpha value is -1.33. The molecule has 0 radical (unpaired) electrons. The summed E-state index contributed by atoms with van der Waals surface area (Å²) in [6.45, 7) is 2.34. The molecule has 0 bridgehead atoms. The summed E-state index contributed by atoms with van der Waals surface area (Å²) in [7, 11) is 0. The van der Waals surface area contributed by atoms with Crippen LogP contribution >= 0.6 is 0 Å². The lowest BCUT2D eigenvalue weighted by Gasteiger charge is -2.27. The Balaban J connectivity index is 1.94. The first kappa shape index (κ1) is 9.23. The summed E-state index contributed by atoms with van der Waals surface area (Å²) < 4.78 is 5.08. The van der Waals surface area contributed by atoms with E-state index in [1.54, 1.807) is 0 Å². The lowest BCUT2D eigenvalue weighted by molar-refractivity contribution is 0.0694. The largest absolute Gasteiger partial charge is 0.478 e. The molecule has 2 rings (SSSR count). The van der Waals surface area contributed by atoms with Crippen LogP contribution in [0.1, 0.15) is 16.1 Å². The Kier molecular flexibility index (Phi) is 2.51. The van der Waals surface area contributed by atoms with Crippen molar-refractivity contribution in [1.29, 1.82) is 0 Å². The number of furan rings is 1. The van der Waals surface area contributed by atoms with Crippen molar-refractivity contribution in [3.05, 3.63) is 23.7 Å². The summed E-state index contributed by atoms with van der Waals surface area (Å²) >= 11 is 0. The first-order chi connectivity index (χ1) is 6.77. The van der Waals surface area contributed by atoms with Crippen molar-refractivity contribution in [2.75, 3.05) is 13.1 Å². The molecule has 1 saturated heterocycles. The van der Waals surface area contributed by atoms with E-state index in [9.17, 15) is 4.79 Å². The minimum absolute atomic E-state index is 0.241. The summed E-state index contributed by atoms with van der Waals surface area (Å²) in [5.74, 6) is -0.452. The fraction of sp³-hybridized carbons (Fsp3) is 0.444. The van der Waals surface area contributed by atoms with Crippen molar-refractivity contribution < 1.29 is 14.3 Å². The normalized spacial score (nSPS) is 16.6. The van der Waals surface area contributed by atoms with Crippen molar-refractivity contribution >= 4 is 5.97 Å². The van der Waals surface area contributed by atoms with Gasteiger partial charge in [-0.05, 0) is 6.07 Å². The van der Waals surface area contributed by atoms with Crippen molar-refractivity contribution in [1.82, 2.24) is 10.6 Å². The molecule has 76 valence electrons. The van der Waals surface area contributed by atoms with Crippen molar-refractivity contribution in [3.8, 4) is 0 Å². The number of aromatic carboxylic acids is 1. The number of hydrogen-bond acceptors (Lipinski definition) is 4. The monoisotopic (exact) mass is 196 g/mol. The number of carboxylic acid groups (broad SMARTS) is 1. The van der Waals surface area contributed by atoms with Gasteiger partial charge >= 0.3 is 5.97 Å². The van der Waals surface area contributed by atoms with Gasteiger partial charge in [0.2, 0.25) is 0 Å². The van der Waals surface area contributed by atoms with Gasteiger partial charge in [0.05, 0.1) is 12.8 Å². The van der Waals surface area contributed by atoms with E-state index in [1.807, 2.05) is 0 Å². The summed E-state index contributed by atoms with van der Waals surface area (Å²) in [6, 6.07) is 1.90. The van der Waals surface area contributed by atoms with E-state index in [4.69, 9.17) is 9.52 Å². The van der Waals surface area contributed by atoms with Crippen molar-refractivity contribution in [2.45, 2.75) is 12.6 Å². The second-order valence-electron chi connectivity index (χ2n) is 3.30. The van der Waals surface area contributed by atoms with E-state index < -0.39 is 5.97 Å². The van der Waals surface area contributed by atoms with Gasteiger partial charge in [0.15, 0.2) is 0 Å². The van der Waals surface area contributed by atoms with E-state index >= 15 is 0 Å². The maximum absolute atomic E-state index is 10.7. The average Bonchev–Trinajstić information content (AvgIpc) is 2.49. The van der Waals surface area contributed by atoms with Gasteiger partial charge < -0.3 is 20.2 Å². The summed E-state index contributed by atoms with van der Waals surface area (Å²) in [6.07, 6.45) is 1.40. The Morgan fingerprint density at radius 2 is 2.50 bits per heavy atom. The van der Waals surface area contributed by atoms with Crippen LogP contribution in [0.15, 0.2) is 16.7 Å². The zero-order valence-corrected chi connectivity index (χ0v) is 7.62. The minimum atomic E-state index is -0.942. The second-order valence-corrected chi connectivity index (χ2v) is 3.30. The van der Waals surface area contributed by atoms with E-state index in [-0.39, 0.29) is 5.56 Å². The van der Waals surface area contributed by atoms with Crippen molar-refractivity contribution in [3.63, 3.8) is 0 Å². The quantitative estimate of drug-likeness (QED) is 0.634. The first-order valence-electron chi connectivity index (χ1n) is 4.51. The van der Waals surface area contributed by atoms with Gasteiger partial charge in [0, 0.05) is 19.1 Å². The molecule has 1 aromatic heterocycles. The topological polar surface area (TPSA) is 74.5 Å². The molecule has 0 spiro atoms. The summed E-state index contributed by atoms with van der Waals surface area (Å²) in [5.41, 5.74) is 0.241. The second kappa shape index (κ2) is 3.81. The van der Waals surface area contributed by atoms with E-state index in [0.29, 0.717) is 18.3 Å². The standard InChI is InChI=1S/C9H12N2O3/c12-9(13)7-1-2-14-8(7)5-11-6-3-10-4-6/h1-2,6,10-11H,3-5H2,(H,12,13). The fourth-order valence-corrected chi connectivity index (χ4v) is 1.34. The van der Waals surface area contributed by atoms with Crippen LogP contribution in [0, 0.1) is 0 Å².